The van der Waals surface area contributed by atoms with Crippen molar-refractivity contribution in [3.63, 3.8) is 0 Å². The molecule has 0 aliphatic rings. The molecule has 0 spiro atoms. The molecule has 0 saturated carbocycles. The molecule has 0 aliphatic heterocycles. The van der Waals surface area contributed by atoms with Gasteiger partial charge in [0.05, 0.1) is 74.1 Å². The Morgan fingerprint density at radius 3 is 0.400 bits per heavy atom. The third kappa shape index (κ3) is 18.1. The van der Waals surface area contributed by atoms with Crippen LogP contribution in [-0.4, -0.2) is 0 Å². The molecule has 392 valence electrons. The first-order chi connectivity index (χ1) is 38.8. The van der Waals surface area contributed by atoms with Crippen LogP contribution < -0.4 is 84.1 Å². The minimum Gasteiger partial charge on any atom is -0.633 e. The third-order valence-corrected chi connectivity index (χ3v) is 22.9. The predicted octanol–water partition coefficient (Wildman–Crippen LogP) is 10.2. The molecule has 0 N–H and O–H groups in total. The van der Waals surface area contributed by atoms with E-state index in [-0.39, 0.29) is 42.7 Å². The number of hydrogen-bond donors (Lipinski definition) is 0. The van der Waals surface area contributed by atoms with Gasteiger partial charge in [-0.3, -0.25) is 0 Å². The maximum atomic E-state index is 4.51. The van der Waals surface area contributed by atoms with Crippen molar-refractivity contribution in [3.8, 4) is 0 Å². The van der Waals surface area contributed by atoms with Gasteiger partial charge in [0.1, 0.15) is 0 Å². The first kappa shape index (κ1) is 60.8. The number of nitrogens with zero attached hydrogens (tertiary/aromatic N) is 4. The maximum absolute atomic E-state index is 4.51. The van der Waals surface area contributed by atoms with Crippen LogP contribution in [0.3, 0.4) is 0 Å². The van der Waals surface area contributed by atoms with E-state index in [0.29, 0.717) is 0 Å². The Labute approximate surface area is 506 Å². The zero-order valence-corrected chi connectivity index (χ0v) is 51.5. The summed E-state index contributed by atoms with van der Waals surface area (Å²) < 4.78 is 0. The molecular formula is C70H62N4NiP4Zr+4. The molecule has 13 rings (SSSR count). The molecule has 4 heterocycles. The van der Waals surface area contributed by atoms with Gasteiger partial charge in [-0.05, 0) is 121 Å². The number of rotatable bonds is 12. The van der Waals surface area contributed by atoms with Crippen LogP contribution in [0.2, 0.25) is 0 Å². The topological polar surface area (TPSA) is 56.4 Å². The first-order valence-electron chi connectivity index (χ1n) is 26.0. The fraction of sp³-hybridized carbons (Fsp3) is 0. The predicted molar refractivity (Wildman–Crippen MR) is 346 cm³/mol. The van der Waals surface area contributed by atoms with Crippen molar-refractivity contribution in [1.29, 1.82) is 0 Å². The molecule has 0 amide bonds. The molecule has 0 aliphatic carbocycles. The third-order valence-electron chi connectivity index (χ3n) is 12.4. The van der Waals surface area contributed by atoms with Gasteiger partial charge in [-0.2, -0.15) is 24.8 Å². The summed E-state index contributed by atoms with van der Waals surface area (Å²) in [5.74, 6) is 0. The molecule has 13 aromatic rings. The summed E-state index contributed by atoms with van der Waals surface area (Å²) in [6, 6.07) is 114. The van der Waals surface area contributed by atoms with E-state index in [1.165, 1.54) is 64.2 Å². The van der Waals surface area contributed by atoms with E-state index in [4.69, 9.17) is 0 Å². The van der Waals surface area contributed by atoms with Crippen molar-refractivity contribution < 1.29 is 42.7 Å². The van der Waals surface area contributed by atoms with E-state index < -0.39 is 31.7 Å². The van der Waals surface area contributed by atoms with Gasteiger partial charge in [-0.25, -0.2) is 0 Å². The van der Waals surface area contributed by atoms with Crippen LogP contribution >= 0.6 is 31.7 Å². The Bertz CT molecular complexity index is 2900. The van der Waals surface area contributed by atoms with E-state index in [1.807, 2.05) is 85.5 Å². The standard InChI is InChI=1S/4C16H13NP.C6H6.Ni.Zr/c4*1-3-8-14(9-4-1)18(16-12-7-13-17-16)15-10-5-2-6-11-15;1-2-4-6-5-3-1;;/h4*1-13H;1-6H;;/q4*-1;;2*+2/p+4. The van der Waals surface area contributed by atoms with Crippen molar-refractivity contribution in [2.24, 2.45) is 0 Å². The second-order valence-corrected chi connectivity index (χ2v) is 27.3. The minimum atomic E-state index is -0.945. The van der Waals surface area contributed by atoms with Gasteiger partial charge in [0.15, 0.2) is 0 Å². The molecular weight excluding hydrogens is 1170 g/mol. The van der Waals surface area contributed by atoms with Crippen molar-refractivity contribution >= 4 is 95.9 Å². The molecule has 80 heavy (non-hydrogen) atoms. The molecule has 10 heteroatoms. The largest absolute Gasteiger partial charge is 2.00 e. The SMILES string of the molecule is [Ni+2].[Zr+2].c1ccc([PH+](c2ccccc2)c2ccc[n-]2)cc1.c1ccc([PH+](c2ccccc2)c2ccc[n-]2)cc1.c1ccc([PH+](c2ccccc2)c2ccc[n-]2)cc1.c1ccc([PH+](c2ccccc2)c2ccc[n-]2)cc1.c1ccccc1. The smallest absolute Gasteiger partial charge is 0.633 e. The summed E-state index contributed by atoms with van der Waals surface area (Å²) >= 11 is 0. The summed E-state index contributed by atoms with van der Waals surface area (Å²) in [4.78, 5) is 18.1. The van der Waals surface area contributed by atoms with Crippen LogP contribution in [0.5, 0.6) is 0 Å². The van der Waals surface area contributed by atoms with Crippen LogP contribution in [0, 0.1) is 0 Å². The van der Waals surface area contributed by atoms with E-state index in [9.17, 15) is 0 Å². The quantitative estimate of drug-likeness (QED) is 0.0904. The molecule has 0 atom stereocenters. The maximum Gasteiger partial charge on any atom is 2.00 e. The fourth-order valence-electron chi connectivity index (χ4n) is 8.87. The Morgan fingerprint density at radius 2 is 0.287 bits per heavy atom. The van der Waals surface area contributed by atoms with Crippen molar-refractivity contribution in [1.82, 2.24) is 19.9 Å². The Morgan fingerprint density at radius 1 is 0.163 bits per heavy atom. The van der Waals surface area contributed by atoms with E-state index in [2.05, 4.69) is 287 Å². The minimum absolute atomic E-state index is 0. The second-order valence-electron chi connectivity index (χ2n) is 17.7. The van der Waals surface area contributed by atoms with Gasteiger partial charge in [-0.15, -0.1) is 0 Å². The van der Waals surface area contributed by atoms with E-state index in [1.54, 1.807) is 0 Å². The zero-order valence-electron chi connectivity index (χ0n) is 44.1. The second kappa shape index (κ2) is 34.4. The average molecular weight is 1230 g/mol. The van der Waals surface area contributed by atoms with Crippen LogP contribution in [0.1, 0.15) is 0 Å². The molecule has 0 unspecified atom stereocenters. The van der Waals surface area contributed by atoms with Gasteiger partial charge in [-0.1, -0.05) is 206 Å². The van der Waals surface area contributed by atoms with Crippen LogP contribution in [-0.2, 0) is 42.7 Å². The average Bonchev–Trinajstić information content (AvgIpc) is 4.42. The van der Waals surface area contributed by atoms with Crippen molar-refractivity contribution in [2.75, 3.05) is 0 Å². The monoisotopic (exact) mass is 1230 g/mol. The Hall–Kier alpha value is -6.80. The van der Waals surface area contributed by atoms with E-state index >= 15 is 0 Å². The summed E-state index contributed by atoms with van der Waals surface area (Å²) in [7, 11) is -3.78. The van der Waals surface area contributed by atoms with Crippen LogP contribution in [0.15, 0.2) is 352 Å². The molecule has 9 aromatic carbocycles. The number of hydrogen-bond acceptors (Lipinski definition) is 0. The first-order valence-corrected chi connectivity index (χ1v) is 32.0. The van der Waals surface area contributed by atoms with Gasteiger partial charge in [0.25, 0.3) is 0 Å². The molecule has 0 fully saturated rings. The van der Waals surface area contributed by atoms with Gasteiger partial charge in [0.2, 0.25) is 0 Å². The number of aromatic nitrogens is 4. The molecule has 0 bridgehead atoms. The molecule has 4 nitrogen and oxygen atoms in total. The molecule has 4 aromatic heterocycles. The van der Waals surface area contributed by atoms with Crippen LogP contribution in [0.4, 0.5) is 0 Å². The van der Waals surface area contributed by atoms with Gasteiger partial charge in [0, 0.05) is 21.7 Å². The zero-order chi connectivity index (χ0) is 53.1. The van der Waals surface area contributed by atoms with Crippen LogP contribution in [0.25, 0.3) is 0 Å². The molecule has 0 radical (unpaired) electrons. The number of benzene rings is 9. The summed E-state index contributed by atoms with van der Waals surface area (Å²) in [5, 5.41) is 11.1. The Balaban J connectivity index is 0.000000147. The Kier molecular flexibility index (Phi) is 26.1. The van der Waals surface area contributed by atoms with Gasteiger partial charge >= 0.3 is 42.7 Å². The van der Waals surface area contributed by atoms with Gasteiger partial charge < -0.3 is 19.9 Å². The van der Waals surface area contributed by atoms with Crippen molar-refractivity contribution in [3.05, 3.63) is 352 Å². The molecule has 0 saturated heterocycles. The van der Waals surface area contributed by atoms with E-state index in [0.717, 1.165) is 0 Å². The van der Waals surface area contributed by atoms with Crippen molar-refractivity contribution in [2.45, 2.75) is 0 Å². The summed E-state index contributed by atoms with van der Waals surface area (Å²) in [6.45, 7) is 0. The fourth-order valence-corrected chi connectivity index (χ4v) is 18.6. The summed E-state index contributed by atoms with van der Waals surface area (Å²) in [6.07, 6.45) is 7.52. The normalized spacial score (nSPS) is 10.2. The summed E-state index contributed by atoms with van der Waals surface area (Å²) in [5.41, 5.74) is 4.82.